The molecular formula is C14H14ClNO3S. The minimum absolute atomic E-state index is 0.180. The van der Waals surface area contributed by atoms with Crippen molar-refractivity contribution < 1.29 is 13.2 Å². The molecule has 0 aliphatic heterocycles. The zero-order chi connectivity index (χ0) is 14.8. The molecule has 0 radical (unpaired) electrons. The maximum atomic E-state index is 12.4. The molecule has 0 spiro atoms. The Morgan fingerprint density at radius 1 is 1.15 bits per heavy atom. The van der Waals surface area contributed by atoms with Crippen LogP contribution in [0.4, 0.5) is 5.69 Å². The zero-order valence-corrected chi connectivity index (χ0v) is 12.4. The Bertz CT molecular complexity index is 712. The van der Waals surface area contributed by atoms with E-state index in [0.717, 1.165) is 0 Å². The SMILES string of the molecule is COc1ccc(Cl)cc1CS(=O)(=O)c1ccc(N)cc1. The van der Waals surface area contributed by atoms with E-state index in [0.29, 0.717) is 22.0 Å². The Balaban J connectivity index is 2.37. The third-order valence-corrected chi connectivity index (χ3v) is 4.74. The minimum Gasteiger partial charge on any atom is -0.496 e. The smallest absolute Gasteiger partial charge is 0.182 e. The van der Waals surface area contributed by atoms with Gasteiger partial charge in [-0.05, 0) is 42.5 Å². The van der Waals surface area contributed by atoms with Gasteiger partial charge in [0.2, 0.25) is 0 Å². The quantitative estimate of drug-likeness (QED) is 0.881. The monoisotopic (exact) mass is 311 g/mol. The van der Waals surface area contributed by atoms with Crippen LogP contribution in [0.15, 0.2) is 47.4 Å². The van der Waals surface area contributed by atoms with Gasteiger partial charge in [-0.3, -0.25) is 0 Å². The van der Waals surface area contributed by atoms with Gasteiger partial charge in [0.05, 0.1) is 17.8 Å². The van der Waals surface area contributed by atoms with Crippen LogP contribution >= 0.6 is 11.6 Å². The van der Waals surface area contributed by atoms with Gasteiger partial charge in [-0.1, -0.05) is 11.6 Å². The summed E-state index contributed by atoms with van der Waals surface area (Å²) in [7, 11) is -1.98. The Morgan fingerprint density at radius 3 is 2.40 bits per heavy atom. The van der Waals surface area contributed by atoms with E-state index < -0.39 is 9.84 Å². The summed E-state index contributed by atoms with van der Waals surface area (Å²) in [6.07, 6.45) is 0. The molecule has 0 saturated heterocycles. The normalized spacial score (nSPS) is 11.3. The van der Waals surface area contributed by atoms with Crippen molar-refractivity contribution in [2.45, 2.75) is 10.6 Å². The van der Waals surface area contributed by atoms with E-state index in [1.807, 2.05) is 0 Å². The maximum absolute atomic E-state index is 12.4. The van der Waals surface area contributed by atoms with E-state index in [9.17, 15) is 8.42 Å². The van der Waals surface area contributed by atoms with Crippen molar-refractivity contribution in [3.63, 3.8) is 0 Å². The van der Waals surface area contributed by atoms with Crippen molar-refractivity contribution in [1.82, 2.24) is 0 Å². The molecule has 4 nitrogen and oxygen atoms in total. The van der Waals surface area contributed by atoms with Gasteiger partial charge in [0.25, 0.3) is 0 Å². The van der Waals surface area contributed by atoms with Crippen molar-refractivity contribution in [1.29, 1.82) is 0 Å². The van der Waals surface area contributed by atoms with Crippen molar-refractivity contribution in [3.05, 3.63) is 53.1 Å². The van der Waals surface area contributed by atoms with Crippen LogP contribution in [0.1, 0.15) is 5.56 Å². The number of benzene rings is 2. The number of nitrogens with two attached hydrogens (primary N) is 1. The first-order chi connectivity index (χ1) is 9.42. The van der Waals surface area contributed by atoms with Gasteiger partial charge in [-0.15, -0.1) is 0 Å². The third-order valence-electron chi connectivity index (χ3n) is 2.83. The van der Waals surface area contributed by atoms with Gasteiger partial charge in [0, 0.05) is 16.3 Å². The highest BCUT2D eigenvalue weighted by atomic mass is 35.5. The number of sulfone groups is 1. The lowest BCUT2D eigenvalue weighted by atomic mass is 10.2. The molecule has 0 atom stereocenters. The Kier molecular flexibility index (Phi) is 4.20. The second-order valence-electron chi connectivity index (χ2n) is 4.28. The van der Waals surface area contributed by atoms with Crippen LogP contribution in [0.5, 0.6) is 5.75 Å². The summed E-state index contributed by atoms with van der Waals surface area (Å²) in [6.45, 7) is 0. The van der Waals surface area contributed by atoms with Crippen LogP contribution < -0.4 is 10.5 Å². The second kappa shape index (κ2) is 5.73. The molecule has 0 heterocycles. The molecule has 2 aromatic carbocycles. The molecule has 20 heavy (non-hydrogen) atoms. The van der Waals surface area contributed by atoms with Crippen molar-refractivity contribution in [2.24, 2.45) is 0 Å². The first-order valence-corrected chi connectivity index (χ1v) is 7.86. The van der Waals surface area contributed by atoms with Gasteiger partial charge in [0.15, 0.2) is 9.84 Å². The number of ether oxygens (including phenoxy) is 1. The molecule has 0 amide bonds. The van der Waals surface area contributed by atoms with Crippen LogP contribution in [0.2, 0.25) is 5.02 Å². The van der Waals surface area contributed by atoms with Gasteiger partial charge in [-0.2, -0.15) is 0 Å². The molecule has 0 fully saturated rings. The number of rotatable bonds is 4. The lowest BCUT2D eigenvalue weighted by molar-refractivity contribution is 0.411. The van der Waals surface area contributed by atoms with Gasteiger partial charge < -0.3 is 10.5 Å². The summed E-state index contributed by atoms with van der Waals surface area (Å²) in [5, 5.41) is 0.466. The lowest BCUT2D eigenvalue weighted by Crippen LogP contribution is -2.06. The predicted octanol–water partition coefficient (Wildman–Crippen LogP) is 2.90. The molecule has 0 bridgehead atoms. The molecular weight excluding hydrogens is 298 g/mol. The summed E-state index contributed by atoms with van der Waals surface area (Å²) in [4.78, 5) is 0.216. The lowest BCUT2D eigenvalue weighted by Gasteiger charge is -2.10. The van der Waals surface area contributed by atoms with Gasteiger partial charge >= 0.3 is 0 Å². The molecule has 0 aliphatic carbocycles. The number of methoxy groups -OCH3 is 1. The van der Waals surface area contributed by atoms with Crippen LogP contribution in [0.25, 0.3) is 0 Å². The van der Waals surface area contributed by atoms with Crippen LogP contribution in [-0.2, 0) is 15.6 Å². The standard InChI is InChI=1S/C14H14ClNO3S/c1-19-14-7-2-11(15)8-10(14)9-20(17,18)13-5-3-12(16)4-6-13/h2-8H,9,16H2,1H3. The van der Waals surface area contributed by atoms with Crippen LogP contribution in [0.3, 0.4) is 0 Å². The van der Waals surface area contributed by atoms with E-state index >= 15 is 0 Å². The Morgan fingerprint density at radius 2 is 1.80 bits per heavy atom. The van der Waals surface area contributed by atoms with Gasteiger partial charge in [-0.25, -0.2) is 8.42 Å². The highest BCUT2D eigenvalue weighted by Gasteiger charge is 2.18. The topological polar surface area (TPSA) is 69.4 Å². The van der Waals surface area contributed by atoms with Gasteiger partial charge in [0.1, 0.15) is 5.75 Å². The molecule has 0 unspecified atom stereocenters. The third kappa shape index (κ3) is 3.23. The first kappa shape index (κ1) is 14.7. The van der Waals surface area contributed by atoms with Crippen molar-refractivity contribution in [3.8, 4) is 5.75 Å². The van der Waals surface area contributed by atoms with Crippen molar-refractivity contribution in [2.75, 3.05) is 12.8 Å². The van der Waals surface area contributed by atoms with E-state index in [2.05, 4.69) is 0 Å². The maximum Gasteiger partial charge on any atom is 0.182 e. The minimum atomic E-state index is -3.47. The number of hydrogen-bond acceptors (Lipinski definition) is 4. The van der Waals surface area contributed by atoms with Crippen molar-refractivity contribution >= 4 is 27.1 Å². The number of nitrogen functional groups attached to an aromatic ring is 1. The second-order valence-corrected chi connectivity index (χ2v) is 6.71. The highest BCUT2D eigenvalue weighted by molar-refractivity contribution is 7.90. The number of halogens is 1. The molecule has 2 rings (SSSR count). The molecule has 0 aliphatic rings. The molecule has 6 heteroatoms. The Labute approximate surface area is 123 Å². The zero-order valence-electron chi connectivity index (χ0n) is 10.8. The van der Waals surface area contributed by atoms with E-state index in [-0.39, 0.29) is 10.6 Å². The summed E-state index contributed by atoms with van der Waals surface area (Å²) < 4.78 is 29.9. The van der Waals surface area contributed by atoms with E-state index in [1.54, 1.807) is 30.3 Å². The average molecular weight is 312 g/mol. The largest absolute Gasteiger partial charge is 0.496 e. The van der Waals surface area contributed by atoms with Crippen LogP contribution in [0, 0.1) is 0 Å². The highest BCUT2D eigenvalue weighted by Crippen LogP contribution is 2.27. The van der Waals surface area contributed by atoms with Crippen LogP contribution in [-0.4, -0.2) is 15.5 Å². The summed E-state index contributed by atoms with van der Waals surface area (Å²) in [5.74, 6) is 0.314. The molecule has 0 aromatic heterocycles. The summed E-state index contributed by atoms with van der Waals surface area (Å²) >= 11 is 5.90. The summed E-state index contributed by atoms with van der Waals surface area (Å²) in [5.41, 5.74) is 6.60. The number of hydrogen-bond donors (Lipinski definition) is 1. The first-order valence-electron chi connectivity index (χ1n) is 5.83. The average Bonchev–Trinajstić information content (AvgIpc) is 2.39. The summed E-state index contributed by atoms with van der Waals surface area (Å²) in [6, 6.07) is 11.0. The molecule has 2 aromatic rings. The number of anilines is 1. The molecule has 0 saturated carbocycles. The fourth-order valence-corrected chi connectivity index (χ4v) is 3.37. The predicted molar refractivity (Wildman–Crippen MR) is 79.7 cm³/mol. The molecule has 106 valence electrons. The molecule has 2 N–H and O–H groups in total. The Hall–Kier alpha value is -1.72. The van der Waals surface area contributed by atoms with E-state index in [4.69, 9.17) is 22.1 Å². The fourth-order valence-electron chi connectivity index (χ4n) is 1.82. The fraction of sp³-hybridized carbons (Fsp3) is 0.143. The van der Waals surface area contributed by atoms with E-state index in [1.165, 1.54) is 19.2 Å².